The van der Waals surface area contributed by atoms with Gasteiger partial charge in [-0.15, -0.1) is 0 Å². The molecule has 0 N–H and O–H groups in total. The number of halogens is 3. The largest absolute Gasteiger partial charge is 0.493 e. The van der Waals surface area contributed by atoms with Crippen LogP contribution in [0.4, 0.5) is 0 Å². The molecule has 0 unspecified atom stereocenters. The SMILES string of the molecule is COc1cc2c(cc1OC)[C@H](c1cccc(Cl)c1)N(C(=O)c1ccc(Cl)c(Cl)c1)CC2. The summed E-state index contributed by atoms with van der Waals surface area (Å²) in [6.07, 6.45) is 0.680. The predicted molar refractivity (Wildman–Crippen MR) is 124 cm³/mol. The normalized spacial score (nSPS) is 15.4. The van der Waals surface area contributed by atoms with Gasteiger partial charge in [-0.1, -0.05) is 46.9 Å². The third kappa shape index (κ3) is 4.20. The first-order valence-corrected chi connectivity index (χ1v) is 10.8. The first kappa shape index (κ1) is 21.8. The Hall–Kier alpha value is -2.40. The van der Waals surface area contributed by atoms with Crippen LogP contribution in [0.2, 0.25) is 15.1 Å². The topological polar surface area (TPSA) is 38.8 Å². The van der Waals surface area contributed by atoms with Crippen molar-refractivity contribution < 1.29 is 14.3 Å². The summed E-state index contributed by atoms with van der Waals surface area (Å²) in [5.74, 6) is 1.14. The summed E-state index contributed by atoms with van der Waals surface area (Å²) in [7, 11) is 3.21. The number of hydrogen-bond donors (Lipinski definition) is 0. The highest BCUT2D eigenvalue weighted by Gasteiger charge is 2.34. The molecule has 1 aliphatic rings. The Morgan fingerprint density at radius 2 is 1.68 bits per heavy atom. The number of fused-ring (bicyclic) bond motifs is 1. The number of methoxy groups -OCH3 is 2. The van der Waals surface area contributed by atoms with Crippen molar-refractivity contribution in [3.05, 3.63) is 91.9 Å². The molecule has 1 aliphatic heterocycles. The molecule has 0 aromatic heterocycles. The van der Waals surface area contributed by atoms with Crippen LogP contribution >= 0.6 is 34.8 Å². The van der Waals surface area contributed by atoms with Crippen LogP contribution in [0.1, 0.15) is 33.1 Å². The van der Waals surface area contributed by atoms with Crippen LogP contribution in [0.15, 0.2) is 54.6 Å². The zero-order chi connectivity index (χ0) is 22.1. The molecule has 0 saturated heterocycles. The minimum absolute atomic E-state index is 0.135. The average molecular weight is 477 g/mol. The van der Waals surface area contributed by atoms with E-state index in [0.29, 0.717) is 45.1 Å². The van der Waals surface area contributed by atoms with Crippen molar-refractivity contribution in [3.63, 3.8) is 0 Å². The van der Waals surface area contributed by atoms with Crippen molar-refractivity contribution >= 4 is 40.7 Å². The van der Waals surface area contributed by atoms with Crippen molar-refractivity contribution in [2.75, 3.05) is 20.8 Å². The van der Waals surface area contributed by atoms with E-state index in [2.05, 4.69) is 0 Å². The fourth-order valence-corrected chi connectivity index (χ4v) is 4.49. The lowest BCUT2D eigenvalue weighted by Gasteiger charge is -2.38. The Bertz CT molecular complexity index is 1150. The molecule has 0 radical (unpaired) electrons. The van der Waals surface area contributed by atoms with Gasteiger partial charge in [0.2, 0.25) is 0 Å². The molecular formula is C24H20Cl3NO3. The van der Waals surface area contributed by atoms with Gasteiger partial charge in [0.25, 0.3) is 5.91 Å². The molecule has 7 heteroatoms. The molecule has 1 heterocycles. The van der Waals surface area contributed by atoms with Gasteiger partial charge in [0.15, 0.2) is 11.5 Å². The molecule has 4 nitrogen and oxygen atoms in total. The quantitative estimate of drug-likeness (QED) is 0.434. The number of nitrogens with zero attached hydrogens (tertiary/aromatic N) is 1. The molecule has 3 aromatic rings. The first-order chi connectivity index (χ1) is 14.9. The van der Waals surface area contributed by atoms with Crippen LogP contribution in [0.25, 0.3) is 0 Å². The summed E-state index contributed by atoms with van der Waals surface area (Å²) in [6.45, 7) is 0.527. The lowest BCUT2D eigenvalue weighted by molar-refractivity contribution is 0.0694. The molecule has 0 fully saturated rings. The maximum atomic E-state index is 13.6. The van der Waals surface area contributed by atoms with Crippen molar-refractivity contribution in [2.45, 2.75) is 12.5 Å². The Balaban J connectivity index is 1.86. The van der Waals surface area contributed by atoms with E-state index in [-0.39, 0.29) is 11.9 Å². The third-order valence-corrected chi connectivity index (χ3v) is 6.44. The molecule has 0 spiro atoms. The van der Waals surface area contributed by atoms with Gasteiger partial charge >= 0.3 is 0 Å². The number of amides is 1. The maximum Gasteiger partial charge on any atom is 0.254 e. The summed E-state index contributed by atoms with van der Waals surface area (Å²) in [5, 5.41) is 1.35. The van der Waals surface area contributed by atoms with Crippen molar-refractivity contribution in [2.24, 2.45) is 0 Å². The highest BCUT2D eigenvalue weighted by Crippen LogP contribution is 2.42. The monoisotopic (exact) mass is 475 g/mol. The van der Waals surface area contributed by atoms with E-state index < -0.39 is 0 Å². The maximum absolute atomic E-state index is 13.6. The van der Waals surface area contributed by atoms with Crippen LogP contribution in [-0.2, 0) is 6.42 Å². The van der Waals surface area contributed by atoms with E-state index in [9.17, 15) is 4.79 Å². The second-order valence-corrected chi connectivity index (χ2v) is 8.49. The Morgan fingerprint density at radius 1 is 0.935 bits per heavy atom. The van der Waals surface area contributed by atoms with E-state index in [1.807, 2.05) is 41.3 Å². The molecule has 1 amide bonds. The number of carbonyl (C=O) groups excluding carboxylic acids is 1. The standard InChI is InChI=1S/C24H20Cl3NO3/c1-30-21-12-14-8-9-28(24(29)16-6-7-19(26)20(27)11-16)23(18(14)13-22(21)31-2)15-4-3-5-17(25)10-15/h3-7,10-13,23H,8-9H2,1-2H3/t23-/m0/s1. The van der Waals surface area contributed by atoms with Crippen molar-refractivity contribution in [1.82, 2.24) is 4.90 Å². The molecule has 0 aliphatic carbocycles. The van der Waals surface area contributed by atoms with Crippen molar-refractivity contribution in [1.29, 1.82) is 0 Å². The molecule has 1 atom stereocenters. The van der Waals surface area contributed by atoms with Crippen LogP contribution in [0.3, 0.4) is 0 Å². The highest BCUT2D eigenvalue weighted by atomic mass is 35.5. The predicted octanol–water partition coefficient (Wildman–Crippen LogP) is 6.45. The summed E-state index contributed by atoms with van der Waals surface area (Å²) in [5.41, 5.74) is 3.46. The molecule has 3 aromatic carbocycles. The molecule has 0 bridgehead atoms. The molecule has 31 heavy (non-hydrogen) atoms. The van der Waals surface area contributed by atoms with Crippen molar-refractivity contribution in [3.8, 4) is 11.5 Å². The summed E-state index contributed by atoms with van der Waals surface area (Å²) in [4.78, 5) is 15.4. The van der Waals surface area contributed by atoms with Gasteiger partial charge in [-0.05, 0) is 65.6 Å². The van der Waals surface area contributed by atoms with Gasteiger partial charge in [0.05, 0.1) is 30.3 Å². The second-order valence-electron chi connectivity index (χ2n) is 7.24. The third-order valence-electron chi connectivity index (χ3n) is 5.47. The van der Waals surface area contributed by atoms with Gasteiger partial charge in [-0.3, -0.25) is 4.79 Å². The summed E-state index contributed by atoms with van der Waals surface area (Å²) >= 11 is 18.5. The van der Waals surface area contributed by atoms with E-state index in [0.717, 1.165) is 16.7 Å². The number of benzene rings is 3. The Morgan fingerprint density at radius 3 is 2.35 bits per heavy atom. The number of ether oxygens (including phenoxy) is 2. The Kier molecular flexibility index (Phi) is 6.33. The number of carbonyl (C=O) groups is 1. The van der Waals surface area contributed by atoms with Gasteiger partial charge in [-0.2, -0.15) is 0 Å². The Labute approximate surface area is 196 Å². The fraction of sp³-hybridized carbons (Fsp3) is 0.208. The molecular weight excluding hydrogens is 457 g/mol. The van der Waals surface area contributed by atoms with Crippen LogP contribution < -0.4 is 9.47 Å². The lowest BCUT2D eigenvalue weighted by atomic mass is 9.87. The molecule has 160 valence electrons. The highest BCUT2D eigenvalue weighted by molar-refractivity contribution is 6.42. The number of rotatable bonds is 4. The average Bonchev–Trinajstić information content (AvgIpc) is 2.78. The van der Waals surface area contributed by atoms with Crippen LogP contribution in [0, 0.1) is 0 Å². The van der Waals surface area contributed by atoms with E-state index in [1.54, 1.807) is 32.4 Å². The first-order valence-electron chi connectivity index (χ1n) is 9.69. The van der Waals surface area contributed by atoms with E-state index in [1.165, 1.54) is 0 Å². The van der Waals surface area contributed by atoms with Gasteiger partial charge < -0.3 is 14.4 Å². The van der Waals surface area contributed by atoms with Crippen LogP contribution in [-0.4, -0.2) is 31.6 Å². The van der Waals surface area contributed by atoms with Gasteiger partial charge in [0.1, 0.15) is 0 Å². The van der Waals surface area contributed by atoms with E-state index >= 15 is 0 Å². The fourth-order valence-electron chi connectivity index (χ4n) is 4.00. The van der Waals surface area contributed by atoms with E-state index in [4.69, 9.17) is 44.3 Å². The van der Waals surface area contributed by atoms with Crippen LogP contribution in [0.5, 0.6) is 11.5 Å². The minimum atomic E-state index is -0.343. The molecule has 0 saturated carbocycles. The summed E-state index contributed by atoms with van der Waals surface area (Å²) < 4.78 is 11.0. The zero-order valence-corrected chi connectivity index (χ0v) is 19.3. The zero-order valence-electron chi connectivity index (χ0n) is 17.0. The van der Waals surface area contributed by atoms with Gasteiger partial charge in [-0.25, -0.2) is 0 Å². The smallest absolute Gasteiger partial charge is 0.254 e. The molecule has 4 rings (SSSR count). The second kappa shape index (κ2) is 8.99. The minimum Gasteiger partial charge on any atom is -0.493 e. The lowest BCUT2D eigenvalue weighted by Crippen LogP contribution is -2.40. The summed E-state index contributed by atoms with van der Waals surface area (Å²) in [6, 6.07) is 16.1. The van der Waals surface area contributed by atoms with Gasteiger partial charge in [0, 0.05) is 17.1 Å². The number of hydrogen-bond acceptors (Lipinski definition) is 3.